The van der Waals surface area contributed by atoms with Crippen LogP contribution >= 0.6 is 0 Å². The molecule has 1 aromatic heterocycles. The number of amides is 1. The zero-order valence-corrected chi connectivity index (χ0v) is 18.2. The first-order chi connectivity index (χ1) is 15.3. The SMILES string of the molecule is Cc1cc(=O)oc2cc(NC(=O)c3cccc(S(=O)(=O)N(C)c4ccccc4)c3)ccc12. The van der Waals surface area contributed by atoms with Crippen LogP contribution in [-0.4, -0.2) is 21.4 Å². The monoisotopic (exact) mass is 448 g/mol. The molecular weight excluding hydrogens is 428 g/mol. The minimum atomic E-state index is -3.86. The molecule has 0 saturated carbocycles. The lowest BCUT2D eigenvalue weighted by Crippen LogP contribution is -2.26. The normalized spacial score (nSPS) is 11.3. The summed E-state index contributed by atoms with van der Waals surface area (Å²) in [4.78, 5) is 24.4. The number of hydrogen-bond donors (Lipinski definition) is 1. The number of anilines is 2. The lowest BCUT2D eigenvalue weighted by Gasteiger charge is -2.19. The number of para-hydroxylation sites is 1. The maximum atomic E-state index is 13.0. The number of nitrogens with one attached hydrogen (secondary N) is 1. The molecule has 0 bridgehead atoms. The first-order valence-electron chi connectivity index (χ1n) is 9.75. The Morgan fingerprint density at radius 3 is 2.44 bits per heavy atom. The highest BCUT2D eigenvalue weighted by molar-refractivity contribution is 7.92. The molecule has 7 nitrogen and oxygen atoms in total. The molecule has 0 saturated heterocycles. The van der Waals surface area contributed by atoms with Gasteiger partial charge in [-0.2, -0.15) is 0 Å². The molecule has 0 unspecified atom stereocenters. The first kappa shape index (κ1) is 21.3. The van der Waals surface area contributed by atoms with Crippen molar-refractivity contribution in [2.45, 2.75) is 11.8 Å². The van der Waals surface area contributed by atoms with Crippen LogP contribution in [0.1, 0.15) is 15.9 Å². The second-order valence-electron chi connectivity index (χ2n) is 7.25. The standard InChI is InChI=1S/C24H20N2O5S/c1-16-13-23(27)31-22-15-18(11-12-21(16)22)25-24(28)17-7-6-10-20(14-17)32(29,30)26(2)19-8-4-3-5-9-19/h3-15H,1-2H3,(H,25,28). The van der Waals surface area contributed by atoms with Gasteiger partial charge < -0.3 is 9.73 Å². The van der Waals surface area contributed by atoms with E-state index in [1.165, 1.54) is 37.4 Å². The summed E-state index contributed by atoms with van der Waals surface area (Å²) in [6, 6.07) is 20.9. The molecule has 3 aromatic carbocycles. The Bertz CT molecular complexity index is 1480. The van der Waals surface area contributed by atoms with Crippen molar-refractivity contribution in [3.05, 3.63) is 100 Å². The van der Waals surface area contributed by atoms with E-state index in [1.807, 2.05) is 0 Å². The molecule has 0 fully saturated rings. The maximum absolute atomic E-state index is 13.0. The van der Waals surface area contributed by atoms with Crippen molar-refractivity contribution in [1.82, 2.24) is 0 Å². The quantitative estimate of drug-likeness (QED) is 0.462. The van der Waals surface area contributed by atoms with Gasteiger partial charge in [0.15, 0.2) is 0 Å². The molecule has 0 aliphatic carbocycles. The second kappa shape index (κ2) is 8.32. The van der Waals surface area contributed by atoms with Crippen molar-refractivity contribution in [2.24, 2.45) is 0 Å². The van der Waals surface area contributed by atoms with Crippen LogP contribution in [0.2, 0.25) is 0 Å². The molecular formula is C24H20N2O5S. The molecule has 0 radical (unpaired) electrons. The third-order valence-corrected chi connectivity index (χ3v) is 6.87. The molecule has 1 N–H and O–H groups in total. The Morgan fingerprint density at radius 1 is 0.938 bits per heavy atom. The summed E-state index contributed by atoms with van der Waals surface area (Å²) in [7, 11) is -2.40. The third-order valence-electron chi connectivity index (χ3n) is 5.08. The van der Waals surface area contributed by atoms with Crippen LogP contribution in [0.25, 0.3) is 11.0 Å². The van der Waals surface area contributed by atoms with Crippen LogP contribution in [0.3, 0.4) is 0 Å². The molecule has 1 heterocycles. The van der Waals surface area contributed by atoms with Gasteiger partial charge in [0.25, 0.3) is 15.9 Å². The van der Waals surface area contributed by atoms with Gasteiger partial charge in [0, 0.05) is 35.8 Å². The van der Waals surface area contributed by atoms with E-state index in [1.54, 1.807) is 55.5 Å². The summed E-state index contributed by atoms with van der Waals surface area (Å²) in [5.41, 5.74) is 1.77. The number of sulfonamides is 1. The zero-order chi connectivity index (χ0) is 22.9. The molecule has 0 aliphatic heterocycles. The highest BCUT2D eigenvalue weighted by atomic mass is 32.2. The number of hydrogen-bond acceptors (Lipinski definition) is 5. The molecule has 0 spiro atoms. The lowest BCUT2D eigenvalue weighted by molar-refractivity contribution is 0.102. The maximum Gasteiger partial charge on any atom is 0.336 e. The summed E-state index contributed by atoms with van der Waals surface area (Å²) >= 11 is 0. The Morgan fingerprint density at radius 2 is 1.69 bits per heavy atom. The number of fused-ring (bicyclic) bond motifs is 1. The van der Waals surface area contributed by atoms with Crippen molar-refractivity contribution in [2.75, 3.05) is 16.7 Å². The predicted octanol–water partition coefficient (Wildman–Crippen LogP) is 4.18. The van der Waals surface area contributed by atoms with E-state index in [-0.39, 0.29) is 10.5 Å². The van der Waals surface area contributed by atoms with Crippen LogP contribution in [0, 0.1) is 6.92 Å². The van der Waals surface area contributed by atoms with E-state index in [4.69, 9.17) is 4.42 Å². The third kappa shape index (κ3) is 4.13. The fourth-order valence-corrected chi connectivity index (χ4v) is 4.58. The highest BCUT2D eigenvalue weighted by Gasteiger charge is 2.22. The number of carbonyl (C=O) groups is 1. The van der Waals surface area contributed by atoms with Gasteiger partial charge in [-0.05, 0) is 55.0 Å². The van der Waals surface area contributed by atoms with Gasteiger partial charge >= 0.3 is 5.63 Å². The molecule has 8 heteroatoms. The summed E-state index contributed by atoms with van der Waals surface area (Å²) in [6.45, 7) is 1.80. The highest BCUT2D eigenvalue weighted by Crippen LogP contribution is 2.24. The van der Waals surface area contributed by atoms with Crippen LogP contribution in [0.15, 0.2) is 93.0 Å². The molecule has 0 atom stereocenters. The van der Waals surface area contributed by atoms with Gasteiger partial charge in [-0.15, -0.1) is 0 Å². The Kier molecular flexibility index (Phi) is 5.54. The molecule has 0 aliphatic rings. The summed E-state index contributed by atoms with van der Waals surface area (Å²) in [6.07, 6.45) is 0. The van der Waals surface area contributed by atoms with Gasteiger partial charge in [0.05, 0.1) is 10.6 Å². The molecule has 32 heavy (non-hydrogen) atoms. The summed E-state index contributed by atoms with van der Waals surface area (Å²) in [5.74, 6) is -0.487. The van der Waals surface area contributed by atoms with Gasteiger partial charge in [-0.25, -0.2) is 13.2 Å². The fourth-order valence-electron chi connectivity index (χ4n) is 3.34. The Hall–Kier alpha value is -3.91. The van der Waals surface area contributed by atoms with Crippen molar-refractivity contribution in [1.29, 1.82) is 0 Å². The van der Waals surface area contributed by atoms with Gasteiger partial charge in [-0.1, -0.05) is 24.3 Å². The number of rotatable bonds is 5. The number of carbonyl (C=O) groups excluding carboxylic acids is 1. The first-order valence-corrected chi connectivity index (χ1v) is 11.2. The van der Waals surface area contributed by atoms with Gasteiger partial charge in [0.1, 0.15) is 5.58 Å². The number of nitrogens with zero attached hydrogens (tertiary/aromatic N) is 1. The van der Waals surface area contributed by atoms with Crippen LogP contribution in [0.5, 0.6) is 0 Å². The van der Waals surface area contributed by atoms with E-state index >= 15 is 0 Å². The number of benzene rings is 3. The summed E-state index contributed by atoms with van der Waals surface area (Å²) in [5, 5.41) is 3.48. The Balaban J connectivity index is 1.61. The topological polar surface area (TPSA) is 96.7 Å². The van der Waals surface area contributed by atoms with Crippen molar-refractivity contribution in [3.63, 3.8) is 0 Å². The number of aryl methyl sites for hydroxylation is 1. The average molecular weight is 449 g/mol. The average Bonchev–Trinajstić information content (AvgIpc) is 2.78. The summed E-state index contributed by atoms with van der Waals surface area (Å²) < 4.78 is 32.4. The largest absolute Gasteiger partial charge is 0.423 e. The fraction of sp³-hybridized carbons (Fsp3) is 0.0833. The van der Waals surface area contributed by atoms with Crippen molar-refractivity contribution in [3.8, 4) is 0 Å². The van der Waals surface area contributed by atoms with Gasteiger partial charge in [0.2, 0.25) is 0 Å². The van der Waals surface area contributed by atoms with Crippen LogP contribution in [0.4, 0.5) is 11.4 Å². The van der Waals surface area contributed by atoms with E-state index < -0.39 is 21.6 Å². The second-order valence-corrected chi connectivity index (χ2v) is 9.22. The molecule has 4 aromatic rings. The van der Waals surface area contributed by atoms with Crippen molar-refractivity contribution >= 4 is 38.3 Å². The minimum Gasteiger partial charge on any atom is -0.423 e. The zero-order valence-electron chi connectivity index (χ0n) is 17.4. The predicted molar refractivity (Wildman–Crippen MR) is 124 cm³/mol. The smallest absolute Gasteiger partial charge is 0.336 e. The van der Waals surface area contributed by atoms with E-state index in [0.29, 0.717) is 17.0 Å². The molecule has 4 rings (SSSR count). The van der Waals surface area contributed by atoms with Crippen LogP contribution < -0.4 is 15.2 Å². The van der Waals surface area contributed by atoms with E-state index in [0.717, 1.165) is 15.3 Å². The van der Waals surface area contributed by atoms with E-state index in [2.05, 4.69) is 5.32 Å². The minimum absolute atomic E-state index is 0.00311. The van der Waals surface area contributed by atoms with Crippen molar-refractivity contribution < 1.29 is 17.6 Å². The van der Waals surface area contributed by atoms with Crippen LogP contribution in [-0.2, 0) is 10.0 Å². The lowest BCUT2D eigenvalue weighted by atomic mass is 10.1. The Labute approximate surface area is 185 Å². The van der Waals surface area contributed by atoms with Gasteiger partial charge in [-0.3, -0.25) is 9.10 Å². The van der Waals surface area contributed by atoms with E-state index in [9.17, 15) is 18.0 Å². The molecule has 162 valence electrons. The molecule has 1 amide bonds.